The van der Waals surface area contributed by atoms with E-state index in [0.717, 1.165) is 0 Å². The largest absolute Gasteiger partial charge is 0.466 e. The van der Waals surface area contributed by atoms with Crippen LogP contribution in [0.4, 0.5) is 0 Å². The Hall–Kier alpha value is -1.59. The molecule has 0 fully saturated rings. The SMILES string of the molecule is CCC(=O)OCCCC(COC(=O)CC)OC(=O)CC. The van der Waals surface area contributed by atoms with Crippen molar-refractivity contribution in [1.82, 2.24) is 0 Å². The predicted octanol–water partition coefficient (Wildman–Crippen LogP) is 1.99. The normalized spacial score (nSPS) is 11.6. The molecule has 0 bridgehead atoms. The minimum atomic E-state index is -0.488. The minimum absolute atomic E-state index is 0.0418. The molecule has 20 heavy (non-hydrogen) atoms. The third kappa shape index (κ3) is 9.35. The van der Waals surface area contributed by atoms with Gasteiger partial charge in [-0.05, 0) is 12.8 Å². The highest BCUT2D eigenvalue weighted by Crippen LogP contribution is 2.06. The Kier molecular flexibility index (Phi) is 10.4. The summed E-state index contributed by atoms with van der Waals surface area (Å²) in [6.45, 7) is 5.42. The van der Waals surface area contributed by atoms with Crippen LogP contribution in [-0.2, 0) is 28.6 Å². The lowest BCUT2D eigenvalue weighted by molar-refractivity contribution is -0.159. The van der Waals surface area contributed by atoms with Crippen LogP contribution in [0.1, 0.15) is 52.9 Å². The molecule has 0 aromatic heterocycles. The van der Waals surface area contributed by atoms with Crippen molar-refractivity contribution in [3.63, 3.8) is 0 Å². The molecule has 0 aromatic rings. The van der Waals surface area contributed by atoms with Crippen molar-refractivity contribution in [3.05, 3.63) is 0 Å². The van der Waals surface area contributed by atoms with Gasteiger partial charge in [-0.25, -0.2) is 0 Å². The van der Waals surface area contributed by atoms with E-state index in [4.69, 9.17) is 14.2 Å². The molecule has 1 unspecified atom stereocenters. The summed E-state index contributed by atoms with van der Waals surface area (Å²) < 4.78 is 15.1. The first kappa shape index (κ1) is 18.4. The summed E-state index contributed by atoms with van der Waals surface area (Å²) in [5.74, 6) is -0.933. The smallest absolute Gasteiger partial charge is 0.305 e. The van der Waals surface area contributed by atoms with E-state index in [0.29, 0.717) is 19.3 Å². The fourth-order valence-corrected chi connectivity index (χ4v) is 1.33. The van der Waals surface area contributed by atoms with Crippen LogP contribution < -0.4 is 0 Å². The summed E-state index contributed by atoms with van der Waals surface area (Å²) in [5, 5.41) is 0. The van der Waals surface area contributed by atoms with Gasteiger partial charge >= 0.3 is 17.9 Å². The molecule has 0 radical (unpaired) electrons. The van der Waals surface area contributed by atoms with Gasteiger partial charge in [-0.15, -0.1) is 0 Å². The zero-order valence-electron chi connectivity index (χ0n) is 12.5. The average molecular weight is 288 g/mol. The van der Waals surface area contributed by atoms with Gasteiger partial charge in [0, 0.05) is 19.3 Å². The molecule has 0 aliphatic rings. The van der Waals surface area contributed by atoms with E-state index in [1.54, 1.807) is 20.8 Å². The molecule has 6 heteroatoms. The minimum Gasteiger partial charge on any atom is -0.466 e. The summed E-state index contributed by atoms with van der Waals surface area (Å²) in [6.07, 6.45) is 1.43. The summed E-state index contributed by atoms with van der Waals surface area (Å²) in [6, 6.07) is 0. The number of hydrogen-bond donors (Lipinski definition) is 0. The van der Waals surface area contributed by atoms with E-state index in [9.17, 15) is 14.4 Å². The van der Waals surface area contributed by atoms with Gasteiger partial charge in [0.2, 0.25) is 0 Å². The third-order valence-electron chi connectivity index (χ3n) is 2.53. The van der Waals surface area contributed by atoms with E-state index < -0.39 is 6.10 Å². The van der Waals surface area contributed by atoms with Crippen LogP contribution >= 0.6 is 0 Å². The van der Waals surface area contributed by atoms with Crippen molar-refractivity contribution in [2.24, 2.45) is 0 Å². The highest BCUT2D eigenvalue weighted by molar-refractivity contribution is 5.70. The lowest BCUT2D eigenvalue weighted by atomic mass is 10.2. The average Bonchev–Trinajstić information content (AvgIpc) is 2.47. The molecule has 116 valence electrons. The maximum Gasteiger partial charge on any atom is 0.305 e. The van der Waals surface area contributed by atoms with Gasteiger partial charge in [0.1, 0.15) is 12.7 Å². The number of esters is 3. The standard InChI is InChI=1S/C14H24O6/c1-4-12(15)18-9-7-8-11(20-14(17)6-3)10-19-13(16)5-2/h11H,4-10H2,1-3H3. The van der Waals surface area contributed by atoms with Gasteiger partial charge < -0.3 is 14.2 Å². The Bertz CT molecular complexity index is 313. The lowest BCUT2D eigenvalue weighted by Gasteiger charge is -2.17. The topological polar surface area (TPSA) is 78.9 Å². The van der Waals surface area contributed by atoms with Crippen molar-refractivity contribution in [1.29, 1.82) is 0 Å². The first-order valence-electron chi connectivity index (χ1n) is 7.04. The van der Waals surface area contributed by atoms with Crippen LogP contribution in [0.2, 0.25) is 0 Å². The molecule has 0 aromatic carbocycles. The molecular weight excluding hydrogens is 264 g/mol. The highest BCUT2D eigenvalue weighted by atomic mass is 16.6. The second-order valence-corrected chi connectivity index (χ2v) is 4.22. The van der Waals surface area contributed by atoms with E-state index in [1.165, 1.54) is 0 Å². The fourth-order valence-electron chi connectivity index (χ4n) is 1.33. The van der Waals surface area contributed by atoms with Crippen molar-refractivity contribution >= 4 is 17.9 Å². The van der Waals surface area contributed by atoms with Gasteiger partial charge in [0.25, 0.3) is 0 Å². The Morgan fingerprint density at radius 2 is 1.40 bits per heavy atom. The van der Waals surface area contributed by atoms with E-state index in [-0.39, 0.29) is 44.0 Å². The van der Waals surface area contributed by atoms with Crippen molar-refractivity contribution < 1.29 is 28.6 Å². The van der Waals surface area contributed by atoms with E-state index in [2.05, 4.69) is 0 Å². The monoisotopic (exact) mass is 288 g/mol. The van der Waals surface area contributed by atoms with Gasteiger partial charge in [0.15, 0.2) is 0 Å². The van der Waals surface area contributed by atoms with Crippen molar-refractivity contribution in [3.8, 4) is 0 Å². The molecule has 6 nitrogen and oxygen atoms in total. The van der Waals surface area contributed by atoms with E-state index in [1.807, 2.05) is 0 Å². The Morgan fingerprint density at radius 3 is 1.95 bits per heavy atom. The van der Waals surface area contributed by atoms with Crippen LogP contribution in [-0.4, -0.2) is 37.2 Å². The number of rotatable bonds is 10. The Morgan fingerprint density at radius 1 is 0.850 bits per heavy atom. The van der Waals surface area contributed by atoms with Gasteiger partial charge in [0.05, 0.1) is 6.61 Å². The zero-order valence-corrected chi connectivity index (χ0v) is 12.5. The van der Waals surface area contributed by atoms with Crippen LogP contribution in [0.5, 0.6) is 0 Å². The number of carbonyl (C=O) groups is 3. The molecule has 0 saturated heterocycles. The van der Waals surface area contributed by atoms with Crippen LogP contribution in [0.15, 0.2) is 0 Å². The molecule has 0 amide bonds. The predicted molar refractivity (Wildman–Crippen MR) is 71.9 cm³/mol. The molecule has 0 saturated carbocycles. The number of hydrogen-bond acceptors (Lipinski definition) is 6. The van der Waals surface area contributed by atoms with Gasteiger partial charge in [-0.3, -0.25) is 14.4 Å². The third-order valence-corrected chi connectivity index (χ3v) is 2.53. The summed E-state index contributed by atoms with van der Waals surface area (Å²) >= 11 is 0. The maximum absolute atomic E-state index is 11.3. The summed E-state index contributed by atoms with van der Waals surface area (Å²) in [5.41, 5.74) is 0. The van der Waals surface area contributed by atoms with Crippen LogP contribution in [0.25, 0.3) is 0 Å². The molecule has 1 atom stereocenters. The molecule has 0 heterocycles. The molecule has 0 aliphatic carbocycles. The van der Waals surface area contributed by atoms with E-state index >= 15 is 0 Å². The molecular formula is C14H24O6. The second kappa shape index (κ2) is 11.3. The van der Waals surface area contributed by atoms with Crippen LogP contribution in [0.3, 0.4) is 0 Å². The van der Waals surface area contributed by atoms with Gasteiger partial charge in [-0.2, -0.15) is 0 Å². The molecule has 0 N–H and O–H groups in total. The fraction of sp³-hybridized carbons (Fsp3) is 0.786. The summed E-state index contributed by atoms with van der Waals surface area (Å²) in [4.78, 5) is 33.3. The first-order chi connectivity index (χ1) is 9.53. The zero-order chi connectivity index (χ0) is 15.4. The van der Waals surface area contributed by atoms with Crippen molar-refractivity contribution in [2.45, 2.75) is 59.0 Å². The first-order valence-corrected chi connectivity index (χ1v) is 7.04. The number of carbonyl (C=O) groups excluding carboxylic acids is 3. The molecule has 0 rings (SSSR count). The summed E-state index contributed by atoms with van der Waals surface area (Å²) in [7, 11) is 0. The van der Waals surface area contributed by atoms with Gasteiger partial charge in [-0.1, -0.05) is 20.8 Å². The lowest BCUT2D eigenvalue weighted by Crippen LogP contribution is -2.25. The quantitative estimate of drug-likeness (QED) is 0.347. The Balaban J connectivity index is 4.06. The molecule has 0 aliphatic heterocycles. The van der Waals surface area contributed by atoms with Crippen molar-refractivity contribution in [2.75, 3.05) is 13.2 Å². The number of ether oxygens (including phenoxy) is 3. The maximum atomic E-state index is 11.3. The molecule has 0 spiro atoms. The second-order valence-electron chi connectivity index (χ2n) is 4.22. The Labute approximate surface area is 119 Å². The highest BCUT2D eigenvalue weighted by Gasteiger charge is 2.15. The van der Waals surface area contributed by atoms with Crippen LogP contribution in [0, 0.1) is 0 Å².